The Balaban J connectivity index is 2.80. The van der Waals surface area contributed by atoms with Gasteiger partial charge in [-0.05, 0) is 17.7 Å². The van der Waals surface area contributed by atoms with E-state index in [-0.39, 0.29) is 12.5 Å². The first-order valence-electron chi connectivity index (χ1n) is 5.23. The number of aliphatic hydroxyl groups is 1. The van der Waals surface area contributed by atoms with Crippen LogP contribution in [0.15, 0.2) is 18.2 Å². The van der Waals surface area contributed by atoms with E-state index in [9.17, 15) is 9.90 Å². The van der Waals surface area contributed by atoms with Gasteiger partial charge in [0.25, 0.3) is 0 Å². The molecule has 0 aromatic heterocycles. The van der Waals surface area contributed by atoms with Crippen LogP contribution in [-0.2, 0) is 4.79 Å². The van der Waals surface area contributed by atoms with Crippen LogP contribution >= 0.6 is 0 Å². The van der Waals surface area contributed by atoms with Crippen LogP contribution < -0.4 is 14.8 Å². The van der Waals surface area contributed by atoms with Crippen LogP contribution in [0.2, 0.25) is 0 Å². The fraction of sp³-hybridized carbons (Fsp3) is 0.417. The number of amides is 1. The van der Waals surface area contributed by atoms with E-state index >= 15 is 0 Å². The van der Waals surface area contributed by atoms with Crippen molar-refractivity contribution in [1.82, 2.24) is 5.32 Å². The van der Waals surface area contributed by atoms with Gasteiger partial charge in [0.05, 0.1) is 20.3 Å². The molecule has 1 atom stereocenters. The van der Waals surface area contributed by atoms with Crippen molar-refractivity contribution in [2.45, 2.75) is 13.0 Å². The van der Waals surface area contributed by atoms with Crippen LogP contribution in [0.5, 0.6) is 11.5 Å². The van der Waals surface area contributed by atoms with Crippen LogP contribution in [-0.4, -0.2) is 31.8 Å². The largest absolute Gasteiger partial charge is 0.493 e. The molecule has 0 fully saturated rings. The van der Waals surface area contributed by atoms with E-state index in [4.69, 9.17) is 9.47 Å². The lowest BCUT2D eigenvalue weighted by atomic mass is 10.1. The summed E-state index contributed by atoms with van der Waals surface area (Å²) in [6.07, 6.45) is -0.765. The average molecular weight is 239 g/mol. The third kappa shape index (κ3) is 3.64. The predicted molar refractivity (Wildman–Crippen MR) is 63.2 cm³/mol. The molecule has 2 N–H and O–H groups in total. The Bertz CT molecular complexity index is 392. The maximum atomic E-state index is 10.7. The molecule has 0 aliphatic heterocycles. The molecule has 1 rings (SSSR count). The summed E-state index contributed by atoms with van der Waals surface area (Å²) in [5.41, 5.74) is 0.663. The van der Waals surface area contributed by atoms with Crippen molar-refractivity contribution in [3.05, 3.63) is 23.8 Å². The number of hydrogen-bond donors (Lipinski definition) is 2. The second-order valence-corrected chi connectivity index (χ2v) is 3.57. The smallest absolute Gasteiger partial charge is 0.216 e. The van der Waals surface area contributed by atoms with E-state index in [1.165, 1.54) is 14.0 Å². The van der Waals surface area contributed by atoms with Gasteiger partial charge < -0.3 is 19.9 Å². The fourth-order valence-electron chi connectivity index (χ4n) is 1.42. The number of methoxy groups -OCH3 is 2. The van der Waals surface area contributed by atoms with Crippen LogP contribution in [0.4, 0.5) is 0 Å². The molecule has 5 nitrogen and oxygen atoms in total. The summed E-state index contributed by atoms with van der Waals surface area (Å²) < 4.78 is 10.2. The number of benzene rings is 1. The van der Waals surface area contributed by atoms with Gasteiger partial charge in [0, 0.05) is 13.5 Å². The highest BCUT2D eigenvalue weighted by Gasteiger charge is 2.11. The number of ether oxygens (including phenoxy) is 2. The van der Waals surface area contributed by atoms with Gasteiger partial charge in [-0.1, -0.05) is 6.07 Å². The highest BCUT2D eigenvalue weighted by Crippen LogP contribution is 2.29. The summed E-state index contributed by atoms with van der Waals surface area (Å²) in [7, 11) is 3.08. The molecule has 0 heterocycles. The van der Waals surface area contributed by atoms with Crippen molar-refractivity contribution in [1.29, 1.82) is 0 Å². The zero-order valence-electron chi connectivity index (χ0n) is 10.2. The Kier molecular flexibility index (Phi) is 4.78. The monoisotopic (exact) mass is 239 g/mol. The van der Waals surface area contributed by atoms with E-state index in [0.717, 1.165) is 0 Å². The van der Waals surface area contributed by atoms with Gasteiger partial charge in [-0.15, -0.1) is 0 Å². The second-order valence-electron chi connectivity index (χ2n) is 3.57. The van der Waals surface area contributed by atoms with Gasteiger partial charge >= 0.3 is 0 Å². The normalized spacial score (nSPS) is 11.8. The van der Waals surface area contributed by atoms with Gasteiger partial charge in [0.2, 0.25) is 5.91 Å². The summed E-state index contributed by atoms with van der Waals surface area (Å²) in [6.45, 7) is 1.58. The molecular formula is C12H17NO4. The molecular weight excluding hydrogens is 222 g/mol. The molecule has 1 aromatic carbocycles. The minimum atomic E-state index is -0.765. The molecule has 1 unspecified atom stereocenters. The SMILES string of the molecule is COc1ccc(C(O)CNC(C)=O)cc1OC. The van der Waals surface area contributed by atoms with Gasteiger partial charge in [-0.3, -0.25) is 4.79 Å². The number of carbonyl (C=O) groups excluding carboxylic acids is 1. The zero-order valence-corrected chi connectivity index (χ0v) is 10.2. The number of carbonyl (C=O) groups is 1. The summed E-state index contributed by atoms with van der Waals surface area (Å²) >= 11 is 0. The van der Waals surface area contributed by atoms with Crippen molar-refractivity contribution in [3.63, 3.8) is 0 Å². The van der Waals surface area contributed by atoms with Gasteiger partial charge in [-0.25, -0.2) is 0 Å². The number of aliphatic hydroxyl groups excluding tert-OH is 1. The number of nitrogens with one attached hydrogen (secondary N) is 1. The number of rotatable bonds is 5. The molecule has 1 aromatic rings. The maximum absolute atomic E-state index is 10.7. The summed E-state index contributed by atoms with van der Waals surface area (Å²) in [4.78, 5) is 10.7. The van der Waals surface area contributed by atoms with Crippen molar-refractivity contribution in [2.24, 2.45) is 0 Å². The fourth-order valence-corrected chi connectivity index (χ4v) is 1.42. The van der Waals surface area contributed by atoms with E-state index in [1.807, 2.05) is 0 Å². The maximum Gasteiger partial charge on any atom is 0.216 e. The van der Waals surface area contributed by atoms with Gasteiger partial charge in [-0.2, -0.15) is 0 Å². The molecule has 0 saturated carbocycles. The van der Waals surface area contributed by atoms with Crippen molar-refractivity contribution < 1.29 is 19.4 Å². The van der Waals surface area contributed by atoms with Crippen molar-refractivity contribution >= 4 is 5.91 Å². The Morgan fingerprint density at radius 3 is 2.53 bits per heavy atom. The summed E-state index contributed by atoms with van der Waals surface area (Å²) in [6, 6.07) is 5.13. The lowest BCUT2D eigenvalue weighted by molar-refractivity contribution is -0.119. The second kappa shape index (κ2) is 6.10. The molecule has 0 spiro atoms. The Morgan fingerprint density at radius 1 is 1.35 bits per heavy atom. The van der Waals surface area contributed by atoms with Crippen molar-refractivity contribution in [2.75, 3.05) is 20.8 Å². The van der Waals surface area contributed by atoms with E-state index in [0.29, 0.717) is 17.1 Å². The topological polar surface area (TPSA) is 67.8 Å². The molecule has 5 heteroatoms. The third-order valence-electron chi connectivity index (χ3n) is 2.34. The minimum absolute atomic E-state index is 0.171. The molecule has 0 aliphatic rings. The molecule has 0 saturated heterocycles. The molecule has 0 radical (unpaired) electrons. The van der Waals surface area contributed by atoms with E-state index < -0.39 is 6.10 Å². The summed E-state index contributed by atoms with van der Waals surface area (Å²) in [5.74, 6) is 0.972. The molecule has 0 aliphatic carbocycles. The average Bonchev–Trinajstić information content (AvgIpc) is 2.34. The first-order valence-corrected chi connectivity index (χ1v) is 5.23. The lowest BCUT2D eigenvalue weighted by Crippen LogP contribution is -2.25. The first-order chi connectivity index (χ1) is 8.08. The van der Waals surface area contributed by atoms with Crippen LogP contribution in [0.1, 0.15) is 18.6 Å². The van der Waals surface area contributed by atoms with Gasteiger partial charge in [0.15, 0.2) is 11.5 Å². The zero-order chi connectivity index (χ0) is 12.8. The minimum Gasteiger partial charge on any atom is -0.493 e. The Morgan fingerprint density at radius 2 is 2.00 bits per heavy atom. The van der Waals surface area contributed by atoms with Crippen LogP contribution in [0, 0.1) is 0 Å². The van der Waals surface area contributed by atoms with Crippen LogP contribution in [0.3, 0.4) is 0 Å². The molecule has 94 valence electrons. The van der Waals surface area contributed by atoms with Crippen LogP contribution in [0.25, 0.3) is 0 Å². The summed E-state index contributed by atoms with van der Waals surface area (Å²) in [5, 5.41) is 12.4. The van der Waals surface area contributed by atoms with Crippen molar-refractivity contribution in [3.8, 4) is 11.5 Å². The highest BCUT2D eigenvalue weighted by molar-refractivity contribution is 5.72. The molecule has 1 amide bonds. The lowest BCUT2D eigenvalue weighted by Gasteiger charge is -2.14. The van der Waals surface area contributed by atoms with E-state index in [2.05, 4.69) is 5.32 Å². The first kappa shape index (κ1) is 13.3. The Hall–Kier alpha value is -1.75. The Labute approximate surface area is 100 Å². The predicted octanol–water partition coefficient (Wildman–Crippen LogP) is 0.873. The molecule has 17 heavy (non-hydrogen) atoms. The van der Waals surface area contributed by atoms with E-state index in [1.54, 1.807) is 25.3 Å². The third-order valence-corrected chi connectivity index (χ3v) is 2.34. The highest BCUT2D eigenvalue weighted by atomic mass is 16.5. The number of hydrogen-bond acceptors (Lipinski definition) is 4. The molecule has 0 bridgehead atoms. The quantitative estimate of drug-likeness (QED) is 0.800. The van der Waals surface area contributed by atoms with Gasteiger partial charge in [0.1, 0.15) is 0 Å². The standard InChI is InChI=1S/C12H17NO4/c1-8(14)13-7-10(15)9-4-5-11(16-2)12(6-9)17-3/h4-6,10,15H,7H2,1-3H3,(H,13,14).